The number of alkyl halides is 2. The number of imidazole rings is 1. The number of nitro groups is 1. The Morgan fingerprint density at radius 2 is 1.87 bits per heavy atom. The molecule has 0 aliphatic carbocycles. The summed E-state index contributed by atoms with van der Waals surface area (Å²) in [7, 11) is 0. The highest BCUT2D eigenvalue weighted by molar-refractivity contribution is 5.87. The first-order valence-corrected chi connectivity index (χ1v) is 9.09. The molecule has 1 N–H and O–H groups in total. The minimum Gasteiger partial charge on any atom is -0.434 e. The van der Waals surface area contributed by atoms with Crippen LogP contribution in [0.3, 0.4) is 0 Å². The number of nitro benzene ring substituents is 1. The molecule has 2 heterocycles. The Morgan fingerprint density at radius 1 is 1.10 bits per heavy atom. The SMILES string of the molecule is O=[N+]([O-])c1ccc(OC(F)F)c([C@H]2Nc3ccccc3-c3nc4ccccc4n32)c1. The zero-order valence-corrected chi connectivity index (χ0v) is 15.3. The molecule has 4 aromatic rings. The van der Waals surface area contributed by atoms with Gasteiger partial charge in [0.25, 0.3) is 5.69 Å². The van der Waals surface area contributed by atoms with Crippen LogP contribution in [0.5, 0.6) is 5.75 Å². The Kier molecular flexibility index (Phi) is 4.09. The van der Waals surface area contributed by atoms with E-state index in [9.17, 15) is 18.9 Å². The minimum absolute atomic E-state index is 0.142. The Balaban J connectivity index is 1.79. The molecule has 7 nitrogen and oxygen atoms in total. The number of aromatic nitrogens is 2. The number of fused-ring (bicyclic) bond motifs is 5. The van der Waals surface area contributed by atoms with Crippen LogP contribution in [0.1, 0.15) is 11.7 Å². The average molecular weight is 408 g/mol. The number of non-ortho nitro benzene ring substituents is 1. The van der Waals surface area contributed by atoms with Crippen molar-refractivity contribution in [2.45, 2.75) is 12.8 Å². The first-order valence-electron chi connectivity index (χ1n) is 9.09. The Labute approximate surface area is 168 Å². The van der Waals surface area contributed by atoms with E-state index in [2.05, 4.69) is 5.32 Å². The van der Waals surface area contributed by atoms with Crippen molar-refractivity contribution in [1.29, 1.82) is 0 Å². The second kappa shape index (κ2) is 6.80. The molecule has 0 unspecified atom stereocenters. The molecule has 1 aromatic heterocycles. The molecule has 5 rings (SSSR count). The molecular weight excluding hydrogens is 394 g/mol. The Bertz CT molecular complexity index is 1290. The predicted octanol–water partition coefficient (Wildman–Crippen LogP) is 5.19. The molecule has 0 amide bonds. The number of ether oxygens (including phenoxy) is 1. The molecule has 1 aliphatic rings. The summed E-state index contributed by atoms with van der Waals surface area (Å²) < 4.78 is 32.7. The fourth-order valence-corrected chi connectivity index (χ4v) is 3.79. The summed E-state index contributed by atoms with van der Waals surface area (Å²) in [6.07, 6.45) is -0.740. The summed E-state index contributed by atoms with van der Waals surface area (Å²) in [5.41, 5.74) is 3.04. The smallest absolute Gasteiger partial charge is 0.387 e. The highest BCUT2D eigenvalue weighted by Gasteiger charge is 2.31. The number of rotatable bonds is 4. The van der Waals surface area contributed by atoms with Gasteiger partial charge in [-0.05, 0) is 30.3 Å². The monoisotopic (exact) mass is 408 g/mol. The fourth-order valence-electron chi connectivity index (χ4n) is 3.79. The molecule has 0 radical (unpaired) electrons. The molecule has 9 heteroatoms. The van der Waals surface area contributed by atoms with Crippen LogP contribution in [0.4, 0.5) is 20.2 Å². The van der Waals surface area contributed by atoms with Crippen molar-refractivity contribution in [1.82, 2.24) is 9.55 Å². The molecule has 3 aromatic carbocycles. The number of nitrogens with one attached hydrogen (secondary N) is 1. The van der Waals surface area contributed by atoms with E-state index in [1.165, 1.54) is 12.1 Å². The maximum Gasteiger partial charge on any atom is 0.387 e. The van der Waals surface area contributed by atoms with Crippen molar-refractivity contribution < 1.29 is 18.4 Å². The third-order valence-corrected chi connectivity index (χ3v) is 5.03. The summed E-state index contributed by atoms with van der Waals surface area (Å²) in [5, 5.41) is 14.7. The van der Waals surface area contributed by atoms with Crippen molar-refractivity contribution in [3.05, 3.63) is 82.4 Å². The van der Waals surface area contributed by atoms with Crippen LogP contribution >= 0.6 is 0 Å². The van der Waals surface area contributed by atoms with E-state index in [1.807, 2.05) is 53.1 Å². The van der Waals surface area contributed by atoms with Gasteiger partial charge in [0.2, 0.25) is 0 Å². The lowest BCUT2D eigenvalue weighted by atomic mass is 10.0. The van der Waals surface area contributed by atoms with Gasteiger partial charge >= 0.3 is 6.61 Å². The van der Waals surface area contributed by atoms with Gasteiger partial charge in [-0.2, -0.15) is 8.78 Å². The highest BCUT2D eigenvalue weighted by atomic mass is 19.3. The highest BCUT2D eigenvalue weighted by Crippen LogP contribution is 2.43. The third-order valence-electron chi connectivity index (χ3n) is 5.03. The zero-order chi connectivity index (χ0) is 20.8. The van der Waals surface area contributed by atoms with Crippen LogP contribution in [0.25, 0.3) is 22.4 Å². The molecule has 0 spiro atoms. The Hall–Kier alpha value is -4.01. The van der Waals surface area contributed by atoms with Gasteiger partial charge in [0.15, 0.2) is 0 Å². The van der Waals surface area contributed by atoms with Crippen LogP contribution in [0.15, 0.2) is 66.7 Å². The molecule has 1 atom stereocenters. The summed E-state index contributed by atoms with van der Waals surface area (Å²) in [6.45, 7) is -3.07. The number of benzene rings is 3. The van der Waals surface area contributed by atoms with Crippen LogP contribution in [-0.4, -0.2) is 21.1 Å². The van der Waals surface area contributed by atoms with Gasteiger partial charge in [-0.3, -0.25) is 14.7 Å². The maximum absolute atomic E-state index is 13.1. The van der Waals surface area contributed by atoms with Gasteiger partial charge in [0.05, 0.1) is 16.0 Å². The second-order valence-corrected chi connectivity index (χ2v) is 6.74. The lowest BCUT2D eigenvalue weighted by Crippen LogP contribution is -2.25. The van der Waals surface area contributed by atoms with Gasteiger partial charge in [-0.1, -0.05) is 24.3 Å². The number of para-hydroxylation sites is 3. The van der Waals surface area contributed by atoms with Crippen LogP contribution < -0.4 is 10.1 Å². The standard InChI is InChI=1S/C21H14F2N4O3/c22-21(23)30-18-10-9-12(27(28)29)11-14(18)20-24-15-6-2-1-5-13(15)19-25-16-7-3-4-8-17(16)26(19)20/h1-11,20-21,24H/t20-/m0/s1. The molecular formula is C21H14F2N4O3. The van der Waals surface area contributed by atoms with Gasteiger partial charge in [0.1, 0.15) is 17.7 Å². The summed E-state index contributed by atoms with van der Waals surface area (Å²) >= 11 is 0. The Morgan fingerprint density at radius 3 is 2.67 bits per heavy atom. The maximum atomic E-state index is 13.1. The van der Waals surface area contributed by atoms with Crippen molar-refractivity contribution in [3.8, 4) is 17.1 Å². The molecule has 0 bridgehead atoms. The predicted molar refractivity (Wildman–Crippen MR) is 107 cm³/mol. The number of hydrogen-bond acceptors (Lipinski definition) is 5. The summed E-state index contributed by atoms with van der Waals surface area (Å²) in [4.78, 5) is 15.5. The number of hydrogen-bond donors (Lipinski definition) is 1. The van der Waals surface area contributed by atoms with E-state index in [0.717, 1.165) is 28.4 Å². The number of nitrogens with zero attached hydrogens (tertiary/aromatic N) is 3. The van der Waals surface area contributed by atoms with Gasteiger partial charge < -0.3 is 10.1 Å². The number of halogens is 2. The van der Waals surface area contributed by atoms with Crippen LogP contribution in [-0.2, 0) is 0 Å². The lowest BCUT2D eigenvalue weighted by molar-refractivity contribution is -0.385. The first kappa shape index (κ1) is 18.0. The van der Waals surface area contributed by atoms with Crippen molar-refractivity contribution in [2.24, 2.45) is 0 Å². The van der Waals surface area contributed by atoms with E-state index >= 15 is 0 Å². The molecule has 0 saturated heterocycles. The van der Waals surface area contributed by atoms with E-state index < -0.39 is 17.7 Å². The second-order valence-electron chi connectivity index (χ2n) is 6.74. The molecule has 1 aliphatic heterocycles. The molecule has 0 saturated carbocycles. The molecule has 0 fully saturated rings. The van der Waals surface area contributed by atoms with Crippen molar-refractivity contribution in [3.63, 3.8) is 0 Å². The molecule has 150 valence electrons. The van der Waals surface area contributed by atoms with Gasteiger partial charge in [0, 0.05) is 28.9 Å². The van der Waals surface area contributed by atoms with E-state index in [4.69, 9.17) is 9.72 Å². The minimum atomic E-state index is -3.07. The van der Waals surface area contributed by atoms with Crippen molar-refractivity contribution in [2.75, 3.05) is 5.32 Å². The van der Waals surface area contributed by atoms with E-state index in [-0.39, 0.29) is 17.0 Å². The zero-order valence-electron chi connectivity index (χ0n) is 15.3. The number of anilines is 1. The van der Waals surface area contributed by atoms with Gasteiger partial charge in [-0.15, -0.1) is 0 Å². The summed E-state index contributed by atoms with van der Waals surface area (Å²) in [6, 6.07) is 18.5. The first-order chi connectivity index (χ1) is 14.5. The third kappa shape index (κ3) is 2.83. The van der Waals surface area contributed by atoms with Crippen LogP contribution in [0, 0.1) is 10.1 Å². The summed E-state index contributed by atoms with van der Waals surface area (Å²) in [5.74, 6) is 0.487. The largest absolute Gasteiger partial charge is 0.434 e. The fraction of sp³-hybridized carbons (Fsp3) is 0.0952. The van der Waals surface area contributed by atoms with Gasteiger partial charge in [-0.25, -0.2) is 4.98 Å². The van der Waals surface area contributed by atoms with Crippen LogP contribution in [0.2, 0.25) is 0 Å². The van der Waals surface area contributed by atoms with E-state index in [1.54, 1.807) is 0 Å². The topological polar surface area (TPSA) is 82.2 Å². The quantitative estimate of drug-likeness (QED) is 0.371. The molecule has 30 heavy (non-hydrogen) atoms. The lowest BCUT2D eigenvalue weighted by Gasteiger charge is -2.31. The normalized spacial score (nSPS) is 14.8. The van der Waals surface area contributed by atoms with Crippen molar-refractivity contribution >= 4 is 22.4 Å². The van der Waals surface area contributed by atoms with E-state index in [0.29, 0.717) is 5.82 Å². The average Bonchev–Trinajstić information content (AvgIpc) is 3.13.